The third-order valence-electron chi connectivity index (χ3n) is 3.60. The first-order valence-electron chi connectivity index (χ1n) is 5.86. The molecule has 6 heteroatoms. The molecule has 2 fully saturated rings. The van der Waals surface area contributed by atoms with Crippen LogP contribution in [0.5, 0.6) is 0 Å². The average Bonchev–Trinajstić information content (AvgIpc) is 2.65. The smallest absolute Gasteiger partial charge is 0.245 e. The Kier molecular flexibility index (Phi) is 2.67. The van der Waals surface area contributed by atoms with Gasteiger partial charge in [0.05, 0.1) is 5.60 Å². The van der Waals surface area contributed by atoms with Gasteiger partial charge in [0, 0.05) is 6.54 Å². The van der Waals surface area contributed by atoms with Crippen molar-refractivity contribution in [2.45, 2.75) is 43.9 Å². The van der Waals surface area contributed by atoms with Crippen LogP contribution in [0.1, 0.15) is 26.7 Å². The van der Waals surface area contributed by atoms with E-state index in [0.717, 1.165) is 19.4 Å². The fourth-order valence-electron chi connectivity index (χ4n) is 2.83. The Balaban J connectivity index is 2.14. The molecule has 0 aromatic rings. The van der Waals surface area contributed by atoms with Crippen LogP contribution < -0.4 is 11.1 Å². The quantitative estimate of drug-likeness (QED) is 0.528. The summed E-state index contributed by atoms with van der Waals surface area (Å²) in [5.74, 6) is -0.792. The zero-order valence-corrected chi connectivity index (χ0v) is 10.2. The second-order valence-corrected chi connectivity index (χ2v) is 5.50. The first kappa shape index (κ1) is 12.3. The number of aliphatic hydroxyl groups is 1. The zero-order chi connectivity index (χ0) is 12.8. The van der Waals surface area contributed by atoms with Crippen molar-refractivity contribution < 1.29 is 14.7 Å². The molecule has 4 N–H and O–H groups in total. The number of β-lactam (4-membered cyclic amide) rings is 1. The topological polar surface area (TPSA) is 95.7 Å². The Hall–Kier alpha value is -1.14. The zero-order valence-electron chi connectivity index (χ0n) is 10.2. The fourth-order valence-corrected chi connectivity index (χ4v) is 2.83. The van der Waals surface area contributed by atoms with Crippen LogP contribution in [0.3, 0.4) is 0 Å². The van der Waals surface area contributed by atoms with Gasteiger partial charge in [-0.25, -0.2) is 0 Å². The highest BCUT2D eigenvalue weighted by atomic mass is 16.3. The summed E-state index contributed by atoms with van der Waals surface area (Å²) >= 11 is 0. The SMILES string of the molecule is CC(C)(O)[C@@H](C(N)=O)N1CC2(CCCN2)C1=O. The van der Waals surface area contributed by atoms with E-state index < -0.39 is 23.1 Å². The Labute approximate surface area is 100 Å². The van der Waals surface area contributed by atoms with E-state index in [1.807, 2.05) is 0 Å². The van der Waals surface area contributed by atoms with E-state index in [1.165, 1.54) is 18.7 Å². The number of amides is 2. The molecule has 0 bridgehead atoms. The number of carbonyl (C=O) groups excluding carboxylic acids is 2. The van der Waals surface area contributed by atoms with Crippen LogP contribution in [0.25, 0.3) is 0 Å². The maximum Gasteiger partial charge on any atom is 0.245 e. The Morgan fingerprint density at radius 2 is 2.29 bits per heavy atom. The van der Waals surface area contributed by atoms with Crippen molar-refractivity contribution in [2.75, 3.05) is 13.1 Å². The largest absolute Gasteiger partial charge is 0.388 e. The van der Waals surface area contributed by atoms with Crippen LogP contribution in [-0.2, 0) is 9.59 Å². The predicted octanol–water partition coefficient (Wildman–Crippen LogP) is -1.42. The van der Waals surface area contributed by atoms with Crippen LogP contribution in [0.4, 0.5) is 0 Å². The minimum Gasteiger partial charge on any atom is -0.388 e. The molecule has 6 nitrogen and oxygen atoms in total. The highest BCUT2D eigenvalue weighted by molar-refractivity contribution is 5.97. The van der Waals surface area contributed by atoms with Gasteiger partial charge in [0.25, 0.3) is 0 Å². The van der Waals surface area contributed by atoms with Gasteiger partial charge in [-0.2, -0.15) is 0 Å². The minimum atomic E-state index is -1.32. The summed E-state index contributed by atoms with van der Waals surface area (Å²) in [7, 11) is 0. The number of carbonyl (C=O) groups is 2. The molecule has 0 saturated carbocycles. The molecule has 1 unspecified atom stereocenters. The lowest BCUT2D eigenvalue weighted by Crippen LogP contribution is -2.77. The van der Waals surface area contributed by atoms with Crippen molar-refractivity contribution >= 4 is 11.8 Å². The van der Waals surface area contributed by atoms with Crippen molar-refractivity contribution in [3.63, 3.8) is 0 Å². The van der Waals surface area contributed by atoms with Gasteiger partial charge in [0.15, 0.2) is 0 Å². The number of rotatable bonds is 3. The maximum atomic E-state index is 12.1. The van der Waals surface area contributed by atoms with E-state index in [1.54, 1.807) is 0 Å². The third-order valence-corrected chi connectivity index (χ3v) is 3.60. The molecule has 0 aromatic heterocycles. The Bertz CT molecular complexity index is 355. The van der Waals surface area contributed by atoms with Crippen LogP contribution in [-0.4, -0.2) is 52.1 Å². The predicted molar refractivity (Wildman–Crippen MR) is 61.0 cm³/mol. The van der Waals surface area contributed by atoms with E-state index in [4.69, 9.17) is 5.73 Å². The summed E-state index contributed by atoms with van der Waals surface area (Å²) in [5, 5.41) is 13.1. The lowest BCUT2D eigenvalue weighted by atomic mass is 9.82. The number of hydrogen-bond donors (Lipinski definition) is 3. The summed E-state index contributed by atoms with van der Waals surface area (Å²) in [6.07, 6.45) is 1.75. The monoisotopic (exact) mass is 241 g/mol. The average molecular weight is 241 g/mol. The fraction of sp³-hybridized carbons (Fsp3) is 0.818. The van der Waals surface area contributed by atoms with Crippen molar-refractivity contribution in [1.82, 2.24) is 10.2 Å². The standard InChI is InChI=1S/C11H19N3O3/c1-10(2,17)7(8(12)15)14-6-11(9(14)16)4-3-5-13-11/h7,13,17H,3-6H2,1-2H3,(H2,12,15)/t7-,11?/m1/s1. The third kappa shape index (κ3) is 1.81. The molecule has 0 radical (unpaired) electrons. The molecule has 2 amide bonds. The lowest BCUT2D eigenvalue weighted by Gasteiger charge is -2.51. The normalized spacial score (nSPS) is 30.5. The highest BCUT2D eigenvalue weighted by Gasteiger charge is 2.58. The van der Waals surface area contributed by atoms with Crippen LogP contribution >= 0.6 is 0 Å². The molecular formula is C11H19N3O3. The molecule has 2 aliphatic rings. The number of hydrogen-bond acceptors (Lipinski definition) is 4. The maximum absolute atomic E-state index is 12.1. The Morgan fingerprint density at radius 1 is 1.65 bits per heavy atom. The number of nitrogens with two attached hydrogens (primary N) is 1. The molecule has 17 heavy (non-hydrogen) atoms. The van der Waals surface area contributed by atoms with E-state index in [9.17, 15) is 14.7 Å². The minimum absolute atomic E-state index is 0.124. The van der Waals surface area contributed by atoms with Gasteiger partial charge in [-0.15, -0.1) is 0 Å². The van der Waals surface area contributed by atoms with Crippen molar-refractivity contribution in [2.24, 2.45) is 5.73 Å². The van der Waals surface area contributed by atoms with Crippen molar-refractivity contribution in [1.29, 1.82) is 0 Å². The highest BCUT2D eigenvalue weighted by Crippen LogP contribution is 2.35. The van der Waals surface area contributed by atoms with Crippen molar-refractivity contribution in [3.8, 4) is 0 Å². The van der Waals surface area contributed by atoms with Gasteiger partial charge in [0.1, 0.15) is 11.6 Å². The van der Waals surface area contributed by atoms with Crippen LogP contribution in [0, 0.1) is 0 Å². The molecule has 2 saturated heterocycles. The van der Waals surface area contributed by atoms with Gasteiger partial charge >= 0.3 is 0 Å². The lowest BCUT2D eigenvalue weighted by molar-refractivity contribution is -0.168. The van der Waals surface area contributed by atoms with Gasteiger partial charge in [-0.3, -0.25) is 9.59 Å². The van der Waals surface area contributed by atoms with Crippen LogP contribution in [0.15, 0.2) is 0 Å². The van der Waals surface area contributed by atoms with Gasteiger partial charge in [-0.1, -0.05) is 0 Å². The number of nitrogens with zero attached hydrogens (tertiary/aromatic N) is 1. The first-order chi connectivity index (χ1) is 7.78. The molecule has 2 atom stereocenters. The molecule has 1 spiro atoms. The molecule has 2 aliphatic heterocycles. The van der Waals surface area contributed by atoms with E-state index in [0.29, 0.717) is 6.54 Å². The molecule has 2 rings (SSSR count). The van der Waals surface area contributed by atoms with Crippen LogP contribution in [0.2, 0.25) is 0 Å². The van der Waals surface area contributed by atoms with Gasteiger partial charge in [-0.05, 0) is 33.2 Å². The summed E-state index contributed by atoms with van der Waals surface area (Å²) in [6.45, 7) is 4.25. The van der Waals surface area contributed by atoms with Gasteiger partial charge in [0.2, 0.25) is 11.8 Å². The molecular weight excluding hydrogens is 222 g/mol. The summed E-state index contributed by atoms with van der Waals surface area (Å²) < 4.78 is 0. The number of likely N-dealkylation sites (tertiary alicyclic amines) is 1. The summed E-state index contributed by atoms with van der Waals surface area (Å²) in [5.41, 5.74) is 3.45. The van der Waals surface area contributed by atoms with Gasteiger partial charge < -0.3 is 21.1 Å². The molecule has 0 aliphatic carbocycles. The van der Waals surface area contributed by atoms with Crippen molar-refractivity contribution in [3.05, 3.63) is 0 Å². The summed E-state index contributed by atoms with van der Waals surface area (Å²) in [4.78, 5) is 24.9. The molecule has 2 heterocycles. The number of primary amides is 1. The van der Waals surface area contributed by atoms with E-state index in [-0.39, 0.29) is 5.91 Å². The number of nitrogens with one attached hydrogen (secondary N) is 1. The second-order valence-electron chi connectivity index (χ2n) is 5.50. The molecule has 0 aromatic carbocycles. The second kappa shape index (κ2) is 3.68. The van der Waals surface area contributed by atoms with E-state index >= 15 is 0 Å². The van der Waals surface area contributed by atoms with E-state index in [2.05, 4.69) is 5.32 Å². The summed E-state index contributed by atoms with van der Waals surface area (Å²) in [6, 6.07) is -0.956. The first-order valence-corrected chi connectivity index (χ1v) is 5.86. The Morgan fingerprint density at radius 3 is 2.65 bits per heavy atom. The molecule has 96 valence electrons.